The maximum Gasteiger partial charge on any atom is 0.260 e. The lowest BCUT2D eigenvalue weighted by Crippen LogP contribution is -2.40. The zero-order chi connectivity index (χ0) is 17.6. The summed E-state index contributed by atoms with van der Waals surface area (Å²) in [4.78, 5) is 6.91. The van der Waals surface area contributed by atoms with Crippen LogP contribution < -0.4 is 0 Å². The summed E-state index contributed by atoms with van der Waals surface area (Å²) in [5, 5.41) is 0. The molecule has 5 nitrogen and oxygen atoms in total. The van der Waals surface area contributed by atoms with Crippen LogP contribution >= 0.6 is 8.53 Å². The van der Waals surface area contributed by atoms with E-state index in [2.05, 4.69) is 42.1 Å². The monoisotopic (exact) mass is 327 g/mol. The first kappa shape index (κ1) is 21.3. The van der Waals surface area contributed by atoms with Crippen LogP contribution in [0.1, 0.15) is 55.4 Å². The average Bonchev–Trinajstić information content (AvgIpc) is 2.25. The topological polar surface area (TPSA) is 30.4 Å². The SMILES string of the molecule is [C-]#[N+]CC(C)(C)OP(OC(C)(C)C[N+]#[C-])N(C(C)C)C(C)C. The highest BCUT2D eigenvalue weighted by molar-refractivity contribution is 7.44. The smallest absolute Gasteiger partial charge is 0.260 e. The molecular formula is C16H30N3O2P. The molecule has 0 saturated carbocycles. The summed E-state index contributed by atoms with van der Waals surface area (Å²) < 4.78 is 14.6. The third-order valence-corrected chi connectivity index (χ3v) is 5.42. The van der Waals surface area contributed by atoms with Crippen LogP contribution in [0, 0.1) is 13.1 Å². The number of rotatable bonds is 9. The van der Waals surface area contributed by atoms with E-state index in [0.717, 1.165) is 0 Å². The van der Waals surface area contributed by atoms with Gasteiger partial charge in [0, 0.05) is 12.1 Å². The highest BCUT2D eigenvalue weighted by atomic mass is 31.2. The summed E-state index contributed by atoms with van der Waals surface area (Å²) in [6.07, 6.45) is 0. The molecule has 0 atom stereocenters. The predicted molar refractivity (Wildman–Crippen MR) is 92.3 cm³/mol. The summed E-state index contributed by atoms with van der Waals surface area (Å²) in [6, 6.07) is 0.497. The summed E-state index contributed by atoms with van der Waals surface area (Å²) in [6.45, 7) is 30.8. The maximum atomic E-state index is 7.08. The first-order chi connectivity index (χ1) is 9.95. The molecule has 0 aliphatic rings. The molecule has 0 aromatic heterocycles. The fourth-order valence-electron chi connectivity index (χ4n) is 1.95. The molecule has 0 fully saturated rings. The van der Waals surface area contributed by atoms with E-state index in [-0.39, 0.29) is 25.2 Å². The molecule has 0 heterocycles. The lowest BCUT2D eigenvalue weighted by molar-refractivity contribution is 0.0416. The fourth-order valence-corrected chi connectivity index (χ4v) is 3.89. The fraction of sp³-hybridized carbons (Fsp3) is 0.875. The van der Waals surface area contributed by atoms with Gasteiger partial charge in [-0.05, 0) is 55.4 Å². The van der Waals surface area contributed by atoms with Crippen molar-refractivity contribution in [1.82, 2.24) is 4.67 Å². The minimum Gasteiger partial charge on any atom is -0.314 e. The van der Waals surface area contributed by atoms with Gasteiger partial charge in [-0.1, -0.05) is 0 Å². The molecule has 126 valence electrons. The van der Waals surface area contributed by atoms with Crippen molar-refractivity contribution in [2.45, 2.75) is 78.7 Å². The van der Waals surface area contributed by atoms with Crippen molar-refractivity contribution in [2.24, 2.45) is 0 Å². The summed E-state index contributed by atoms with van der Waals surface area (Å²) in [5.74, 6) is 0. The van der Waals surface area contributed by atoms with E-state index in [0.29, 0.717) is 0 Å². The van der Waals surface area contributed by atoms with Gasteiger partial charge in [0.1, 0.15) is 11.2 Å². The van der Waals surface area contributed by atoms with Gasteiger partial charge in [0.05, 0.1) is 0 Å². The second kappa shape index (κ2) is 8.80. The van der Waals surface area contributed by atoms with E-state index in [1.165, 1.54) is 0 Å². The molecule has 0 bridgehead atoms. The molecule has 0 N–H and O–H groups in total. The van der Waals surface area contributed by atoms with E-state index >= 15 is 0 Å². The molecule has 0 aromatic carbocycles. The maximum absolute atomic E-state index is 7.08. The van der Waals surface area contributed by atoms with Crippen molar-refractivity contribution in [3.05, 3.63) is 22.8 Å². The van der Waals surface area contributed by atoms with Crippen molar-refractivity contribution >= 4 is 8.53 Å². The number of nitrogens with zero attached hydrogens (tertiary/aromatic N) is 3. The Labute approximate surface area is 137 Å². The molecule has 0 rings (SSSR count). The van der Waals surface area contributed by atoms with Crippen LogP contribution in [0.2, 0.25) is 0 Å². The molecule has 0 aliphatic heterocycles. The van der Waals surface area contributed by atoms with Crippen molar-refractivity contribution < 1.29 is 9.05 Å². The highest BCUT2D eigenvalue weighted by Gasteiger charge is 2.39. The zero-order valence-corrected chi connectivity index (χ0v) is 16.1. The Morgan fingerprint density at radius 3 is 1.41 bits per heavy atom. The molecule has 0 saturated heterocycles. The van der Waals surface area contributed by atoms with Gasteiger partial charge in [0.25, 0.3) is 8.53 Å². The Bertz CT molecular complexity index is 384. The van der Waals surface area contributed by atoms with Gasteiger partial charge in [-0.3, -0.25) is 0 Å². The second-order valence-electron chi connectivity index (χ2n) is 7.14. The standard InChI is InChI=1S/C16H30N3O2P/c1-13(2)19(14(3)4)22(20-15(5,6)11-17-9)21-16(7,8)12-18-10/h13-14H,11-12H2,1-8H3. The van der Waals surface area contributed by atoms with Gasteiger partial charge in [-0.25, -0.2) is 17.8 Å². The molecule has 0 aromatic rings. The lowest BCUT2D eigenvalue weighted by Gasteiger charge is -2.40. The van der Waals surface area contributed by atoms with Crippen LogP contribution in [-0.4, -0.2) is 41.0 Å². The second-order valence-corrected chi connectivity index (χ2v) is 8.44. The third-order valence-electron chi connectivity index (χ3n) is 2.82. The normalized spacial score (nSPS) is 13.0. The van der Waals surface area contributed by atoms with Crippen molar-refractivity contribution in [3.63, 3.8) is 0 Å². The minimum atomic E-state index is -1.36. The minimum absolute atomic E-state index is 0.249. The molecule has 0 amide bonds. The first-order valence-corrected chi connectivity index (χ1v) is 8.72. The van der Waals surface area contributed by atoms with Gasteiger partial charge in [-0.2, -0.15) is 0 Å². The summed E-state index contributed by atoms with van der Waals surface area (Å²) >= 11 is 0. The van der Waals surface area contributed by atoms with Gasteiger partial charge < -0.3 is 18.7 Å². The lowest BCUT2D eigenvalue weighted by atomic mass is 10.1. The van der Waals surface area contributed by atoms with E-state index < -0.39 is 19.7 Å². The van der Waals surface area contributed by atoms with Crippen LogP contribution in [0.5, 0.6) is 0 Å². The summed E-state index contributed by atoms with van der Waals surface area (Å²) in [5.41, 5.74) is -1.16. The van der Waals surface area contributed by atoms with E-state index in [9.17, 15) is 0 Å². The Balaban J connectivity index is 5.40. The number of hydrogen-bond donors (Lipinski definition) is 0. The summed E-state index contributed by atoms with van der Waals surface area (Å²) in [7, 11) is -1.36. The number of hydrogen-bond acceptors (Lipinski definition) is 3. The van der Waals surface area contributed by atoms with Gasteiger partial charge in [0.15, 0.2) is 0 Å². The van der Waals surface area contributed by atoms with Crippen LogP contribution in [0.15, 0.2) is 0 Å². The Kier molecular flexibility index (Phi) is 8.52. The van der Waals surface area contributed by atoms with Gasteiger partial charge in [-0.15, -0.1) is 0 Å². The molecule has 6 heteroatoms. The highest BCUT2D eigenvalue weighted by Crippen LogP contribution is 2.51. The molecule has 22 heavy (non-hydrogen) atoms. The van der Waals surface area contributed by atoms with Crippen molar-refractivity contribution in [2.75, 3.05) is 13.1 Å². The molecule has 0 unspecified atom stereocenters. The molecule has 0 aliphatic carbocycles. The Morgan fingerprint density at radius 1 is 0.864 bits per heavy atom. The van der Waals surface area contributed by atoms with E-state index in [1.54, 1.807) is 0 Å². The molecule has 0 spiro atoms. The zero-order valence-electron chi connectivity index (χ0n) is 15.2. The Hall–Kier alpha value is -0.710. The Morgan fingerprint density at radius 2 is 1.18 bits per heavy atom. The largest absolute Gasteiger partial charge is 0.314 e. The third kappa shape index (κ3) is 7.52. The van der Waals surface area contributed by atoms with Crippen LogP contribution in [0.4, 0.5) is 0 Å². The van der Waals surface area contributed by atoms with Crippen molar-refractivity contribution in [1.29, 1.82) is 0 Å². The van der Waals surface area contributed by atoms with Crippen molar-refractivity contribution in [3.8, 4) is 0 Å². The van der Waals surface area contributed by atoms with Crippen LogP contribution in [0.3, 0.4) is 0 Å². The average molecular weight is 327 g/mol. The molecular weight excluding hydrogens is 297 g/mol. The first-order valence-electron chi connectivity index (χ1n) is 7.59. The van der Waals surface area contributed by atoms with Crippen LogP contribution in [0.25, 0.3) is 9.69 Å². The molecule has 0 radical (unpaired) electrons. The van der Waals surface area contributed by atoms with E-state index in [1.807, 2.05) is 27.7 Å². The quantitative estimate of drug-likeness (QED) is 0.452. The predicted octanol–water partition coefficient (Wildman–Crippen LogP) is 4.76. The van der Waals surface area contributed by atoms with Gasteiger partial charge >= 0.3 is 0 Å². The van der Waals surface area contributed by atoms with Gasteiger partial charge in [0.2, 0.25) is 13.1 Å². The van der Waals surface area contributed by atoms with Crippen LogP contribution in [-0.2, 0) is 9.05 Å². The van der Waals surface area contributed by atoms with E-state index in [4.69, 9.17) is 22.2 Å².